The number of hydrogen-bond acceptors (Lipinski definition) is 6. The number of halogens is 2. The number of aromatic amines is 1. The zero-order chi connectivity index (χ0) is 23.5. The normalized spacial score (nSPS) is 11.7. The number of H-pyrrole nitrogens is 1. The summed E-state index contributed by atoms with van der Waals surface area (Å²) in [7, 11) is 0.564. The molecule has 0 unspecified atom stereocenters. The van der Waals surface area contributed by atoms with E-state index in [2.05, 4.69) is 40.0 Å². The molecule has 0 saturated heterocycles. The third-order valence-electron chi connectivity index (χ3n) is 4.76. The van der Waals surface area contributed by atoms with E-state index in [0.717, 1.165) is 6.04 Å². The van der Waals surface area contributed by atoms with Crippen molar-refractivity contribution in [2.75, 3.05) is 25.3 Å². The Kier molecular flexibility index (Phi) is 7.60. The number of nitrogens with one attached hydrogen (secondary N) is 2. The molecule has 1 aromatic carbocycles. The third-order valence-corrected chi connectivity index (χ3v) is 7.20. The quantitative estimate of drug-likeness (QED) is 0.266. The van der Waals surface area contributed by atoms with Crippen LogP contribution in [0.5, 0.6) is 0 Å². The van der Waals surface area contributed by atoms with Crippen LogP contribution in [0.2, 0.25) is 35.7 Å². The fourth-order valence-electron chi connectivity index (χ4n) is 2.86. The molecule has 1 amide bonds. The molecular weight excluding hydrogens is 471 g/mol. The van der Waals surface area contributed by atoms with Gasteiger partial charge in [0, 0.05) is 27.4 Å². The van der Waals surface area contributed by atoms with Crippen molar-refractivity contribution < 1.29 is 9.53 Å². The fraction of sp³-hybridized carbons (Fsp3) is 0.400. The Morgan fingerprint density at radius 2 is 2.03 bits per heavy atom. The molecule has 0 aliphatic heterocycles. The lowest BCUT2D eigenvalue weighted by Crippen LogP contribution is -2.31. The van der Waals surface area contributed by atoms with Gasteiger partial charge in [0.15, 0.2) is 5.52 Å². The molecule has 0 bridgehead atoms. The van der Waals surface area contributed by atoms with E-state index in [1.807, 2.05) is 0 Å². The van der Waals surface area contributed by atoms with Crippen molar-refractivity contribution in [3.8, 4) is 0 Å². The fourth-order valence-corrected chi connectivity index (χ4v) is 3.91. The van der Waals surface area contributed by atoms with Crippen LogP contribution in [-0.2, 0) is 16.1 Å². The van der Waals surface area contributed by atoms with Gasteiger partial charge in [-0.2, -0.15) is 5.10 Å². The standard InChI is InChI=1S/C20H26Cl2N6O3Si/c1-27(13-5-6-14(21)15(22)9-13)20-25-16-10-24-28(18(16)19(30)26-20)11-17(29)23-12-31-7-8-32(2,3)4/h5-6,9-10H,7-8,11-12H2,1-4H3,(H,23,29)(H,25,26,30). The number of fused-ring (bicyclic) bond motifs is 1. The summed E-state index contributed by atoms with van der Waals surface area (Å²) in [5, 5.41) is 7.66. The van der Waals surface area contributed by atoms with Gasteiger partial charge >= 0.3 is 0 Å². The highest BCUT2D eigenvalue weighted by Crippen LogP contribution is 2.29. The Hall–Kier alpha value is -2.40. The summed E-state index contributed by atoms with van der Waals surface area (Å²) >= 11 is 12.1. The molecule has 3 rings (SSSR count). The van der Waals surface area contributed by atoms with Gasteiger partial charge in [0.2, 0.25) is 11.9 Å². The zero-order valence-electron chi connectivity index (χ0n) is 18.4. The SMILES string of the molecule is CN(c1ccc(Cl)c(Cl)c1)c1nc2cnn(CC(=O)NCOCC[Si](C)(C)C)c2c(=O)[nH]1. The van der Waals surface area contributed by atoms with Crippen LogP contribution in [0, 0.1) is 0 Å². The van der Waals surface area contributed by atoms with Crippen LogP contribution in [0.4, 0.5) is 11.6 Å². The number of nitrogens with zero attached hydrogens (tertiary/aromatic N) is 4. The predicted octanol–water partition coefficient (Wildman–Crippen LogP) is 3.62. The van der Waals surface area contributed by atoms with Gasteiger partial charge in [0.1, 0.15) is 18.8 Å². The van der Waals surface area contributed by atoms with Gasteiger partial charge < -0.3 is 15.0 Å². The lowest BCUT2D eigenvalue weighted by Gasteiger charge is -2.18. The summed E-state index contributed by atoms with van der Waals surface area (Å²) in [6, 6.07) is 6.12. The van der Waals surface area contributed by atoms with Crippen LogP contribution in [-0.4, -0.2) is 54.1 Å². The average Bonchev–Trinajstić information content (AvgIpc) is 3.11. The van der Waals surface area contributed by atoms with Gasteiger partial charge in [-0.15, -0.1) is 0 Å². The molecule has 2 N–H and O–H groups in total. The second kappa shape index (κ2) is 10.0. The highest BCUT2D eigenvalue weighted by atomic mass is 35.5. The molecule has 3 aromatic rings. The molecule has 12 heteroatoms. The summed E-state index contributed by atoms with van der Waals surface area (Å²) < 4.78 is 6.80. The first-order valence-corrected chi connectivity index (χ1v) is 14.5. The number of carbonyl (C=O) groups is 1. The number of anilines is 2. The summed E-state index contributed by atoms with van der Waals surface area (Å²) in [5.74, 6) is 0.0000866. The maximum atomic E-state index is 12.7. The molecule has 0 aliphatic carbocycles. The summed E-state index contributed by atoms with van der Waals surface area (Å²) in [4.78, 5) is 33.8. The maximum absolute atomic E-state index is 12.7. The van der Waals surface area contributed by atoms with Crippen LogP contribution < -0.4 is 15.8 Å². The molecule has 2 heterocycles. The predicted molar refractivity (Wildman–Crippen MR) is 130 cm³/mol. The topological polar surface area (TPSA) is 105 Å². The molecule has 0 saturated carbocycles. The lowest BCUT2D eigenvalue weighted by molar-refractivity contribution is -0.123. The largest absolute Gasteiger partial charge is 0.362 e. The van der Waals surface area contributed by atoms with Crippen LogP contribution >= 0.6 is 23.2 Å². The number of ether oxygens (including phenoxy) is 1. The Balaban J connectivity index is 1.68. The van der Waals surface area contributed by atoms with Crippen molar-refractivity contribution in [2.24, 2.45) is 0 Å². The summed E-state index contributed by atoms with van der Waals surface area (Å²) in [5.41, 5.74) is 0.873. The van der Waals surface area contributed by atoms with Gasteiger partial charge in [-0.1, -0.05) is 42.8 Å². The first-order valence-electron chi connectivity index (χ1n) is 10.0. The van der Waals surface area contributed by atoms with E-state index in [0.29, 0.717) is 33.8 Å². The Morgan fingerprint density at radius 1 is 1.28 bits per heavy atom. The molecule has 2 aromatic heterocycles. The minimum Gasteiger partial charge on any atom is -0.362 e. The first kappa shape index (κ1) is 24.2. The second-order valence-corrected chi connectivity index (χ2v) is 15.0. The van der Waals surface area contributed by atoms with E-state index in [1.54, 1.807) is 30.1 Å². The Bertz CT molecular complexity index is 1170. The van der Waals surface area contributed by atoms with E-state index >= 15 is 0 Å². The van der Waals surface area contributed by atoms with Crippen molar-refractivity contribution in [3.63, 3.8) is 0 Å². The van der Waals surface area contributed by atoms with Crippen LogP contribution in [0.3, 0.4) is 0 Å². The Labute approximate surface area is 196 Å². The molecule has 9 nitrogen and oxygen atoms in total. The monoisotopic (exact) mass is 496 g/mol. The number of carbonyl (C=O) groups excluding carboxylic acids is 1. The maximum Gasteiger partial charge on any atom is 0.278 e. The van der Waals surface area contributed by atoms with Crippen LogP contribution in [0.25, 0.3) is 11.0 Å². The number of hydrogen-bond donors (Lipinski definition) is 2. The highest BCUT2D eigenvalue weighted by molar-refractivity contribution is 6.76. The lowest BCUT2D eigenvalue weighted by atomic mass is 10.3. The van der Waals surface area contributed by atoms with Crippen molar-refractivity contribution in [1.29, 1.82) is 0 Å². The first-order chi connectivity index (χ1) is 15.0. The molecule has 0 fully saturated rings. The number of benzene rings is 1. The summed E-state index contributed by atoms with van der Waals surface area (Å²) in [6.07, 6.45) is 1.45. The number of amides is 1. The van der Waals surface area contributed by atoms with Crippen molar-refractivity contribution in [2.45, 2.75) is 32.2 Å². The molecular formula is C20H26Cl2N6O3Si. The van der Waals surface area contributed by atoms with Gasteiger partial charge in [0.05, 0.1) is 16.2 Å². The minimum atomic E-state index is -1.18. The molecule has 0 atom stereocenters. The van der Waals surface area contributed by atoms with E-state index in [-0.39, 0.29) is 24.7 Å². The van der Waals surface area contributed by atoms with Crippen LogP contribution in [0.1, 0.15) is 0 Å². The van der Waals surface area contributed by atoms with Crippen LogP contribution in [0.15, 0.2) is 29.2 Å². The van der Waals surface area contributed by atoms with Crippen molar-refractivity contribution in [3.05, 3.63) is 44.8 Å². The average molecular weight is 497 g/mol. The minimum absolute atomic E-state index is 0.117. The molecule has 0 aliphatic rings. The summed E-state index contributed by atoms with van der Waals surface area (Å²) in [6.45, 7) is 7.40. The molecule has 172 valence electrons. The van der Waals surface area contributed by atoms with Gasteiger partial charge in [0.25, 0.3) is 5.56 Å². The van der Waals surface area contributed by atoms with Gasteiger partial charge in [-0.25, -0.2) is 9.67 Å². The molecule has 0 spiro atoms. The van der Waals surface area contributed by atoms with E-state index < -0.39 is 13.6 Å². The second-order valence-electron chi connectivity index (χ2n) is 8.55. The molecule has 0 radical (unpaired) electrons. The number of rotatable bonds is 9. The smallest absolute Gasteiger partial charge is 0.278 e. The Morgan fingerprint density at radius 3 is 2.72 bits per heavy atom. The van der Waals surface area contributed by atoms with E-state index in [4.69, 9.17) is 27.9 Å². The van der Waals surface area contributed by atoms with E-state index in [1.165, 1.54) is 10.9 Å². The van der Waals surface area contributed by atoms with E-state index in [9.17, 15) is 9.59 Å². The van der Waals surface area contributed by atoms with Gasteiger partial charge in [-0.3, -0.25) is 14.6 Å². The van der Waals surface area contributed by atoms with Gasteiger partial charge in [-0.05, 0) is 24.2 Å². The highest BCUT2D eigenvalue weighted by Gasteiger charge is 2.16. The van der Waals surface area contributed by atoms with Crippen molar-refractivity contribution in [1.82, 2.24) is 25.1 Å². The van der Waals surface area contributed by atoms with Crippen molar-refractivity contribution >= 4 is 59.9 Å². The zero-order valence-corrected chi connectivity index (χ0v) is 20.9. The molecule has 32 heavy (non-hydrogen) atoms. The third kappa shape index (κ3) is 6.09. The number of aromatic nitrogens is 4.